The number of carbonyl (C=O) groups is 1. The van der Waals surface area contributed by atoms with Crippen molar-refractivity contribution >= 4 is 56.1 Å². The van der Waals surface area contributed by atoms with Crippen LogP contribution in [0.4, 0.5) is 5.82 Å². The number of benzene rings is 3. The average molecular weight is 725 g/mol. The molecule has 3 fully saturated rings. The summed E-state index contributed by atoms with van der Waals surface area (Å²) in [6.07, 6.45) is 7.97. The van der Waals surface area contributed by atoms with Gasteiger partial charge in [0, 0.05) is 12.2 Å². The topological polar surface area (TPSA) is 94.8 Å². The highest BCUT2D eigenvalue weighted by atomic mass is 35.5. The lowest BCUT2D eigenvalue weighted by atomic mass is 9.61. The van der Waals surface area contributed by atoms with E-state index in [-0.39, 0.29) is 23.1 Å². The van der Waals surface area contributed by atoms with Crippen LogP contribution in [0, 0.1) is 17.8 Å². The Labute approximate surface area is 310 Å². The van der Waals surface area contributed by atoms with Crippen LogP contribution < -0.4 is 5.32 Å². The number of esters is 1. The molecule has 3 saturated carbocycles. The highest BCUT2D eigenvalue weighted by molar-refractivity contribution is 7.16. The molecule has 3 aliphatic rings. The first-order chi connectivity index (χ1) is 25.6. The third-order valence-corrected chi connectivity index (χ3v) is 12.0. The molecule has 4 aromatic heterocycles. The van der Waals surface area contributed by atoms with E-state index >= 15 is 0 Å². The maximum atomic E-state index is 13.4. The minimum Gasteiger partial charge on any atom is -0.466 e. The van der Waals surface area contributed by atoms with Gasteiger partial charge in [0.25, 0.3) is 0 Å². The van der Waals surface area contributed by atoms with Gasteiger partial charge < -0.3 is 14.6 Å². The summed E-state index contributed by atoms with van der Waals surface area (Å²) in [4.78, 5) is 34.5. The van der Waals surface area contributed by atoms with Crippen LogP contribution in [0.5, 0.6) is 0 Å². The molecule has 260 valence electrons. The first-order valence-corrected chi connectivity index (χ1v) is 19.2. The second-order valence-corrected chi connectivity index (χ2v) is 15.0. The number of halogens is 1. The number of hydrogen-bond acceptors (Lipinski definition) is 8. The third-order valence-electron chi connectivity index (χ3n) is 11.0. The van der Waals surface area contributed by atoms with Crippen LogP contribution in [-0.2, 0) is 15.1 Å². The Morgan fingerprint density at radius 3 is 2.10 bits per heavy atom. The number of ether oxygens (including phenoxy) is 1. The molecule has 3 aliphatic carbocycles. The number of fused-ring (bicyclic) bond motifs is 5. The standard InChI is InChI=1S/C42H37ClN6O2S/c1-2-51-41(50)34-26-18-20-27(21-19-26)35(34)46-37-31-22-23-52-40(31)48-38(47-37)32-25-49(39-36(32)45-33(43)24-44-39)42(28-12-6-3-7-13-28,29-14-8-4-9-15-29)30-16-10-5-11-17-30/h3-17,22-27,34-35H,2,18-21H2,1H3,(H,46,47,48)/t26?,27?,34-,35-/m0/s1. The van der Waals surface area contributed by atoms with E-state index in [4.69, 9.17) is 36.3 Å². The molecule has 0 saturated heterocycles. The Balaban J connectivity index is 1.27. The predicted octanol–water partition coefficient (Wildman–Crippen LogP) is 9.38. The lowest BCUT2D eigenvalue weighted by molar-refractivity contribution is -0.154. The van der Waals surface area contributed by atoms with Crippen LogP contribution >= 0.6 is 22.9 Å². The van der Waals surface area contributed by atoms with Crippen molar-refractivity contribution in [1.82, 2.24) is 24.5 Å². The highest BCUT2D eigenvalue weighted by Crippen LogP contribution is 2.48. The molecule has 52 heavy (non-hydrogen) atoms. The van der Waals surface area contributed by atoms with Crippen LogP contribution in [0.3, 0.4) is 0 Å². The zero-order valence-corrected chi connectivity index (χ0v) is 30.2. The molecule has 0 spiro atoms. The highest BCUT2D eigenvalue weighted by Gasteiger charge is 2.48. The van der Waals surface area contributed by atoms with Crippen molar-refractivity contribution in [2.24, 2.45) is 17.8 Å². The van der Waals surface area contributed by atoms with Crippen LogP contribution in [0.25, 0.3) is 32.8 Å². The molecule has 2 atom stereocenters. The molecular formula is C42H37ClN6O2S. The summed E-state index contributed by atoms with van der Waals surface area (Å²) < 4.78 is 7.83. The van der Waals surface area contributed by atoms with Gasteiger partial charge in [-0.25, -0.2) is 19.9 Å². The molecule has 8 nitrogen and oxygen atoms in total. The first kappa shape index (κ1) is 32.8. The van der Waals surface area contributed by atoms with E-state index in [2.05, 4.69) is 94.9 Å². The van der Waals surface area contributed by atoms with E-state index < -0.39 is 5.54 Å². The fourth-order valence-corrected chi connectivity index (χ4v) is 9.72. The van der Waals surface area contributed by atoms with Crippen molar-refractivity contribution in [3.8, 4) is 11.4 Å². The number of nitrogens with zero attached hydrogens (tertiary/aromatic N) is 5. The summed E-state index contributed by atoms with van der Waals surface area (Å²) in [6.45, 7) is 2.25. The van der Waals surface area contributed by atoms with Gasteiger partial charge >= 0.3 is 5.97 Å². The first-order valence-electron chi connectivity index (χ1n) is 18.0. The van der Waals surface area contributed by atoms with Gasteiger partial charge in [-0.3, -0.25) is 4.79 Å². The Kier molecular flexibility index (Phi) is 8.48. The Hall–Kier alpha value is -5.12. The van der Waals surface area contributed by atoms with Crippen molar-refractivity contribution < 1.29 is 9.53 Å². The summed E-state index contributed by atoms with van der Waals surface area (Å²) in [5, 5.41) is 7.05. The largest absolute Gasteiger partial charge is 0.466 e. The zero-order valence-electron chi connectivity index (χ0n) is 28.7. The average Bonchev–Trinajstić information content (AvgIpc) is 3.82. The molecule has 7 aromatic rings. The van der Waals surface area contributed by atoms with E-state index in [9.17, 15) is 4.79 Å². The van der Waals surface area contributed by atoms with Gasteiger partial charge in [-0.15, -0.1) is 11.3 Å². The SMILES string of the molecule is CCOC(=O)[C@H]1C2CCC(CC2)[C@@H]1Nc1nc(-c2cn(C(c3ccccc3)(c3ccccc3)c3ccccc3)c3ncc(Cl)nc23)nc2sccc12. The quantitative estimate of drug-likeness (QED) is 0.117. The lowest BCUT2D eigenvalue weighted by Gasteiger charge is -2.47. The number of nitrogens with one attached hydrogen (secondary N) is 1. The number of aromatic nitrogens is 5. The summed E-state index contributed by atoms with van der Waals surface area (Å²) in [5.41, 5.74) is 4.29. The van der Waals surface area contributed by atoms with E-state index in [1.54, 1.807) is 17.5 Å². The molecule has 0 amide bonds. The smallest absolute Gasteiger partial charge is 0.311 e. The van der Waals surface area contributed by atoms with Crippen LogP contribution in [0.1, 0.15) is 49.3 Å². The molecule has 1 N–H and O–H groups in total. The summed E-state index contributed by atoms with van der Waals surface area (Å²) in [6, 6.07) is 33.4. The fourth-order valence-electron chi connectivity index (χ4n) is 8.82. The van der Waals surface area contributed by atoms with E-state index in [1.165, 1.54) is 0 Å². The Morgan fingerprint density at radius 1 is 0.865 bits per heavy atom. The van der Waals surface area contributed by atoms with Gasteiger partial charge in [0.1, 0.15) is 26.9 Å². The minimum atomic E-state index is -0.842. The summed E-state index contributed by atoms with van der Waals surface area (Å²) >= 11 is 8.18. The number of thiophene rings is 1. The van der Waals surface area contributed by atoms with E-state index in [1.807, 2.05) is 30.5 Å². The fraction of sp³-hybridized carbons (Fsp3) is 0.262. The number of carbonyl (C=O) groups excluding carboxylic acids is 1. The Bertz CT molecular complexity index is 2280. The van der Waals surface area contributed by atoms with Crippen molar-refractivity contribution in [1.29, 1.82) is 0 Å². The minimum absolute atomic E-state index is 0.0742. The van der Waals surface area contributed by atoms with Gasteiger partial charge in [0.15, 0.2) is 11.5 Å². The summed E-state index contributed by atoms with van der Waals surface area (Å²) in [7, 11) is 0. The Morgan fingerprint density at radius 2 is 1.48 bits per heavy atom. The third kappa shape index (κ3) is 5.37. The summed E-state index contributed by atoms with van der Waals surface area (Å²) in [5.74, 6) is 1.56. The molecule has 4 heterocycles. The van der Waals surface area contributed by atoms with Gasteiger partial charge in [0.2, 0.25) is 0 Å². The zero-order chi connectivity index (χ0) is 35.2. The molecule has 0 aliphatic heterocycles. The normalized spacial score (nSPS) is 20.0. The molecule has 10 heteroatoms. The number of rotatable bonds is 9. The lowest BCUT2D eigenvalue weighted by Crippen LogP contribution is -2.52. The molecule has 2 bridgehead atoms. The monoisotopic (exact) mass is 724 g/mol. The maximum Gasteiger partial charge on any atom is 0.311 e. The van der Waals surface area contributed by atoms with Crippen molar-refractivity contribution in [2.45, 2.75) is 44.2 Å². The van der Waals surface area contributed by atoms with E-state index in [0.717, 1.165) is 52.6 Å². The number of hydrogen-bond donors (Lipinski definition) is 1. The van der Waals surface area contributed by atoms with Crippen molar-refractivity contribution in [3.63, 3.8) is 0 Å². The molecule has 0 unspecified atom stereocenters. The van der Waals surface area contributed by atoms with Gasteiger partial charge in [-0.1, -0.05) is 103 Å². The number of anilines is 1. The molecule has 0 radical (unpaired) electrons. The van der Waals surface area contributed by atoms with E-state index in [0.29, 0.717) is 46.8 Å². The molecular weight excluding hydrogens is 688 g/mol. The second kappa shape index (κ2) is 13.5. The van der Waals surface area contributed by atoms with Crippen LogP contribution in [0.15, 0.2) is 115 Å². The van der Waals surface area contributed by atoms with Gasteiger partial charge in [-0.2, -0.15) is 0 Å². The van der Waals surface area contributed by atoms with Crippen LogP contribution in [-0.4, -0.2) is 43.1 Å². The van der Waals surface area contributed by atoms with Crippen LogP contribution in [0.2, 0.25) is 5.15 Å². The predicted molar refractivity (Wildman–Crippen MR) is 207 cm³/mol. The maximum absolute atomic E-state index is 13.4. The molecule has 3 aromatic carbocycles. The second-order valence-electron chi connectivity index (χ2n) is 13.7. The van der Waals surface area contributed by atoms with Gasteiger partial charge in [-0.05, 0) is 72.6 Å². The molecule has 10 rings (SSSR count). The van der Waals surface area contributed by atoms with Crippen molar-refractivity contribution in [3.05, 3.63) is 137 Å². The van der Waals surface area contributed by atoms with Gasteiger partial charge in [0.05, 0.1) is 29.7 Å². The van der Waals surface area contributed by atoms with Crippen molar-refractivity contribution in [2.75, 3.05) is 11.9 Å².